The molecule has 0 atom stereocenters. The number of methoxy groups -OCH3 is 2. The number of hydrogen-bond acceptors (Lipinski definition) is 4. The van der Waals surface area contributed by atoms with Gasteiger partial charge in [-0.15, -0.1) is 6.42 Å². The summed E-state index contributed by atoms with van der Waals surface area (Å²) in [6.07, 6.45) is 5.27. The molecule has 0 aliphatic heterocycles. The highest BCUT2D eigenvalue weighted by atomic mass is 16.6. The number of rotatable bonds is 4. The molecule has 1 rings (SSSR count). The first kappa shape index (κ1) is 13.9. The van der Waals surface area contributed by atoms with E-state index in [0.29, 0.717) is 17.1 Å². The van der Waals surface area contributed by atoms with Crippen LogP contribution in [0.3, 0.4) is 0 Å². The van der Waals surface area contributed by atoms with Gasteiger partial charge in [0.05, 0.1) is 14.2 Å². The van der Waals surface area contributed by atoms with E-state index in [4.69, 9.17) is 20.6 Å². The lowest BCUT2D eigenvalue weighted by molar-refractivity contribution is 0.0201. The predicted octanol–water partition coefficient (Wildman–Crippen LogP) is 2.27. The summed E-state index contributed by atoms with van der Waals surface area (Å²) in [4.78, 5) is 12.0. The molecule has 0 fully saturated rings. The summed E-state index contributed by atoms with van der Waals surface area (Å²) < 4.78 is 15.4. The van der Waals surface area contributed by atoms with Crippen LogP contribution in [0, 0.1) is 12.3 Å². The van der Waals surface area contributed by atoms with Gasteiger partial charge in [-0.05, 0) is 26.0 Å². The molecule has 18 heavy (non-hydrogen) atoms. The van der Waals surface area contributed by atoms with Crippen molar-refractivity contribution < 1.29 is 19.0 Å². The first-order chi connectivity index (χ1) is 8.43. The molecule has 0 spiro atoms. The molecule has 0 N–H and O–H groups in total. The predicted molar refractivity (Wildman–Crippen MR) is 67.9 cm³/mol. The number of hydrogen-bond donors (Lipinski definition) is 0. The standard InChI is InChI=1S/C14H16O4/c1-6-14(2,3)18-13(15)11-8-7-10(16-4)9-12(11)17-5/h1,7-9H,2-5H3. The molecule has 0 radical (unpaired) electrons. The third-order valence-electron chi connectivity index (χ3n) is 2.32. The smallest absolute Gasteiger partial charge is 0.343 e. The Bertz CT molecular complexity index is 483. The molecule has 0 unspecified atom stereocenters. The topological polar surface area (TPSA) is 44.8 Å². The van der Waals surface area contributed by atoms with Gasteiger partial charge in [0, 0.05) is 6.07 Å². The first-order valence-electron chi connectivity index (χ1n) is 5.36. The number of carbonyl (C=O) groups excluding carboxylic acids is 1. The third-order valence-corrected chi connectivity index (χ3v) is 2.32. The van der Waals surface area contributed by atoms with Crippen LogP contribution in [0.15, 0.2) is 18.2 Å². The molecule has 0 bridgehead atoms. The van der Waals surface area contributed by atoms with E-state index < -0.39 is 11.6 Å². The van der Waals surface area contributed by atoms with E-state index >= 15 is 0 Å². The fourth-order valence-electron chi connectivity index (χ4n) is 1.28. The van der Waals surface area contributed by atoms with Crippen LogP contribution in [-0.2, 0) is 4.74 Å². The Labute approximate surface area is 107 Å². The maximum atomic E-state index is 12.0. The van der Waals surface area contributed by atoms with Gasteiger partial charge in [0.1, 0.15) is 17.1 Å². The van der Waals surface area contributed by atoms with Crippen LogP contribution < -0.4 is 9.47 Å². The van der Waals surface area contributed by atoms with Crippen LogP contribution in [-0.4, -0.2) is 25.8 Å². The van der Waals surface area contributed by atoms with Crippen LogP contribution in [0.4, 0.5) is 0 Å². The fourth-order valence-corrected chi connectivity index (χ4v) is 1.28. The fraction of sp³-hybridized carbons (Fsp3) is 0.357. The lowest BCUT2D eigenvalue weighted by atomic mass is 10.1. The molecule has 0 saturated carbocycles. The SMILES string of the molecule is C#CC(C)(C)OC(=O)c1ccc(OC)cc1OC. The summed E-state index contributed by atoms with van der Waals surface area (Å²) in [7, 11) is 3.01. The highest BCUT2D eigenvalue weighted by Gasteiger charge is 2.23. The Morgan fingerprint density at radius 1 is 1.28 bits per heavy atom. The highest BCUT2D eigenvalue weighted by Crippen LogP contribution is 2.26. The van der Waals surface area contributed by atoms with Crippen molar-refractivity contribution in [3.05, 3.63) is 23.8 Å². The molecule has 0 aliphatic rings. The second kappa shape index (κ2) is 5.46. The van der Waals surface area contributed by atoms with Crippen LogP contribution in [0.5, 0.6) is 11.5 Å². The number of carbonyl (C=O) groups is 1. The Kier molecular flexibility index (Phi) is 4.22. The molecule has 0 heterocycles. The maximum absolute atomic E-state index is 12.0. The quantitative estimate of drug-likeness (QED) is 0.605. The molecule has 1 aromatic carbocycles. The van der Waals surface area contributed by atoms with E-state index in [1.54, 1.807) is 32.0 Å². The molecular weight excluding hydrogens is 232 g/mol. The van der Waals surface area contributed by atoms with Crippen molar-refractivity contribution in [2.45, 2.75) is 19.4 Å². The van der Waals surface area contributed by atoms with Gasteiger partial charge in [0.15, 0.2) is 5.60 Å². The van der Waals surface area contributed by atoms with Crippen molar-refractivity contribution in [1.82, 2.24) is 0 Å². The second-order valence-corrected chi connectivity index (χ2v) is 4.11. The van der Waals surface area contributed by atoms with Crippen molar-refractivity contribution in [3.8, 4) is 23.8 Å². The lowest BCUT2D eigenvalue weighted by Crippen LogP contribution is -2.26. The molecule has 1 aromatic rings. The lowest BCUT2D eigenvalue weighted by Gasteiger charge is -2.19. The highest BCUT2D eigenvalue weighted by molar-refractivity contribution is 5.93. The van der Waals surface area contributed by atoms with Gasteiger partial charge in [-0.3, -0.25) is 0 Å². The van der Waals surface area contributed by atoms with Crippen LogP contribution in [0.2, 0.25) is 0 Å². The molecule has 96 valence electrons. The van der Waals surface area contributed by atoms with Gasteiger partial charge >= 0.3 is 5.97 Å². The summed E-state index contributed by atoms with van der Waals surface area (Å²) in [6, 6.07) is 4.84. The van der Waals surface area contributed by atoms with Crippen molar-refractivity contribution in [3.63, 3.8) is 0 Å². The summed E-state index contributed by atoms with van der Waals surface area (Å²) in [5.41, 5.74) is -0.649. The van der Waals surface area contributed by atoms with E-state index in [1.165, 1.54) is 14.2 Å². The minimum atomic E-state index is -0.956. The number of ether oxygens (including phenoxy) is 3. The molecule has 0 aromatic heterocycles. The van der Waals surface area contributed by atoms with Crippen LogP contribution >= 0.6 is 0 Å². The third kappa shape index (κ3) is 3.17. The van der Waals surface area contributed by atoms with Crippen molar-refractivity contribution >= 4 is 5.97 Å². The monoisotopic (exact) mass is 248 g/mol. The van der Waals surface area contributed by atoms with E-state index in [2.05, 4.69) is 5.92 Å². The zero-order valence-corrected chi connectivity index (χ0v) is 10.9. The first-order valence-corrected chi connectivity index (χ1v) is 5.36. The van der Waals surface area contributed by atoms with Crippen molar-refractivity contribution in [1.29, 1.82) is 0 Å². The average Bonchev–Trinajstić information content (AvgIpc) is 2.37. The Morgan fingerprint density at radius 2 is 1.94 bits per heavy atom. The maximum Gasteiger partial charge on any atom is 0.343 e. The molecule has 0 amide bonds. The molecule has 4 heteroatoms. The van der Waals surface area contributed by atoms with Gasteiger partial charge in [-0.1, -0.05) is 5.92 Å². The second-order valence-electron chi connectivity index (χ2n) is 4.11. The van der Waals surface area contributed by atoms with Gasteiger partial charge in [-0.25, -0.2) is 4.79 Å². The Hall–Kier alpha value is -2.15. The zero-order valence-electron chi connectivity index (χ0n) is 10.9. The van der Waals surface area contributed by atoms with E-state index in [0.717, 1.165) is 0 Å². The van der Waals surface area contributed by atoms with E-state index in [9.17, 15) is 4.79 Å². The van der Waals surface area contributed by atoms with Gasteiger partial charge in [0.2, 0.25) is 0 Å². The summed E-state index contributed by atoms with van der Waals surface area (Å²) in [5.74, 6) is 2.84. The number of esters is 1. The van der Waals surface area contributed by atoms with Crippen LogP contribution in [0.25, 0.3) is 0 Å². The van der Waals surface area contributed by atoms with Gasteiger partial charge in [-0.2, -0.15) is 0 Å². The van der Waals surface area contributed by atoms with Gasteiger partial charge < -0.3 is 14.2 Å². The van der Waals surface area contributed by atoms with Crippen LogP contribution in [0.1, 0.15) is 24.2 Å². The summed E-state index contributed by atoms with van der Waals surface area (Å²) in [6.45, 7) is 3.28. The minimum absolute atomic E-state index is 0.307. The minimum Gasteiger partial charge on any atom is -0.497 e. The van der Waals surface area contributed by atoms with E-state index in [1.807, 2.05) is 0 Å². The summed E-state index contributed by atoms with van der Waals surface area (Å²) >= 11 is 0. The number of terminal acetylenes is 1. The van der Waals surface area contributed by atoms with Crippen molar-refractivity contribution in [2.75, 3.05) is 14.2 Å². The average molecular weight is 248 g/mol. The Morgan fingerprint density at radius 3 is 2.44 bits per heavy atom. The molecule has 0 aliphatic carbocycles. The molecular formula is C14H16O4. The largest absolute Gasteiger partial charge is 0.497 e. The number of benzene rings is 1. The van der Waals surface area contributed by atoms with Crippen molar-refractivity contribution in [2.24, 2.45) is 0 Å². The van der Waals surface area contributed by atoms with E-state index in [-0.39, 0.29) is 0 Å². The zero-order chi connectivity index (χ0) is 13.8. The molecule has 0 saturated heterocycles. The summed E-state index contributed by atoms with van der Waals surface area (Å²) in [5, 5.41) is 0. The Balaban J connectivity index is 3.03. The van der Waals surface area contributed by atoms with Gasteiger partial charge in [0.25, 0.3) is 0 Å². The molecule has 4 nitrogen and oxygen atoms in total. The normalized spacial score (nSPS) is 10.4.